The van der Waals surface area contributed by atoms with Gasteiger partial charge in [0.15, 0.2) is 0 Å². The Balaban J connectivity index is 2.76. The van der Waals surface area contributed by atoms with Crippen LogP contribution in [-0.4, -0.2) is 28.6 Å². The van der Waals surface area contributed by atoms with Gasteiger partial charge in [0.05, 0.1) is 6.42 Å². The third-order valence-corrected chi connectivity index (χ3v) is 3.82. The number of rotatable bonds is 6. The van der Waals surface area contributed by atoms with Gasteiger partial charge in [-0.2, -0.15) is 0 Å². The molecule has 100 valence electrons. The first kappa shape index (κ1) is 15.2. The molecule has 1 aromatic carbocycles. The number of hydrogen-bond donors (Lipinski definition) is 1. The maximum Gasteiger partial charge on any atom is 0.304 e. The van der Waals surface area contributed by atoms with Crippen LogP contribution >= 0.6 is 15.9 Å². The zero-order valence-corrected chi connectivity index (χ0v) is 12.7. The molecule has 1 N–H and O–H groups in total. The Hall–Kier alpha value is -0.870. The van der Waals surface area contributed by atoms with Crippen molar-refractivity contribution in [1.82, 2.24) is 4.90 Å². The minimum absolute atomic E-state index is 0.0423. The molecule has 1 atom stereocenters. The zero-order valence-electron chi connectivity index (χ0n) is 11.1. The SMILES string of the molecule is CCN(Cc1ccc(C)cc1Br)C(C)CC(=O)O. The average molecular weight is 314 g/mol. The second-order valence-corrected chi connectivity index (χ2v) is 5.46. The normalized spacial score (nSPS) is 12.7. The van der Waals surface area contributed by atoms with Gasteiger partial charge in [-0.3, -0.25) is 9.69 Å². The summed E-state index contributed by atoms with van der Waals surface area (Å²) in [6.07, 6.45) is 0.178. The highest BCUT2D eigenvalue weighted by atomic mass is 79.9. The zero-order chi connectivity index (χ0) is 13.7. The van der Waals surface area contributed by atoms with Crippen LogP contribution in [0.4, 0.5) is 0 Å². The number of carbonyl (C=O) groups is 1. The Morgan fingerprint density at radius 3 is 2.67 bits per heavy atom. The Morgan fingerprint density at radius 1 is 1.50 bits per heavy atom. The van der Waals surface area contributed by atoms with Crippen molar-refractivity contribution in [1.29, 1.82) is 0 Å². The van der Waals surface area contributed by atoms with E-state index < -0.39 is 5.97 Å². The van der Waals surface area contributed by atoms with Crippen molar-refractivity contribution in [2.45, 2.75) is 39.8 Å². The molecule has 0 aromatic heterocycles. The number of aryl methyl sites for hydroxylation is 1. The lowest BCUT2D eigenvalue weighted by molar-refractivity contribution is -0.138. The fraction of sp³-hybridized carbons (Fsp3) is 0.500. The first-order valence-electron chi connectivity index (χ1n) is 6.15. The molecule has 0 aliphatic heterocycles. The molecule has 1 aromatic rings. The Kier molecular flexibility index (Phi) is 5.82. The number of hydrogen-bond acceptors (Lipinski definition) is 2. The summed E-state index contributed by atoms with van der Waals surface area (Å²) in [5, 5.41) is 8.85. The summed E-state index contributed by atoms with van der Waals surface area (Å²) in [7, 11) is 0. The molecule has 1 rings (SSSR count). The van der Waals surface area contributed by atoms with Gasteiger partial charge >= 0.3 is 5.97 Å². The van der Waals surface area contributed by atoms with Gasteiger partial charge in [0, 0.05) is 17.1 Å². The third-order valence-electron chi connectivity index (χ3n) is 3.08. The molecule has 0 radical (unpaired) electrons. The van der Waals surface area contributed by atoms with Gasteiger partial charge in [-0.25, -0.2) is 0 Å². The highest BCUT2D eigenvalue weighted by molar-refractivity contribution is 9.10. The van der Waals surface area contributed by atoms with E-state index in [1.807, 2.05) is 6.92 Å². The van der Waals surface area contributed by atoms with E-state index in [1.165, 1.54) is 11.1 Å². The van der Waals surface area contributed by atoms with E-state index in [2.05, 4.69) is 52.9 Å². The minimum Gasteiger partial charge on any atom is -0.481 e. The van der Waals surface area contributed by atoms with Gasteiger partial charge in [0.1, 0.15) is 0 Å². The molecule has 0 amide bonds. The highest BCUT2D eigenvalue weighted by Crippen LogP contribution is 2.21. The number of nitrogens with zero attached hydrogens (tertiary/aromatic N) is 1. The van der Waals surface area contributed by atoms with Crippen molar-refractivity contribution >= 4 is 21.9 Å². The van der Waals surface area contributed by atoms with Crippen LogP contribution < -0.4 is 0 Å². The van der Waals surface area contributed by atoms with E-state index in [0.29, 0.717) is 0 Å². The molecular weight excluding hydrogens is 294 g/mol. The summed E-state index contributed by atoms with van der Waals surface area (Å²) in [5.74, 6) is -0.746. The first-order valence-corrected chi connectivity index (χ1v) is 6.94. The van der Waals surface area contributed by atoms with Crippen molar-refractivity contribution < 1.29 is 9.90 Å². The summed E-state index contributed by atoms with van der Waals surface area (Å²) < 4.78 is 1.09. The molecule has 1 unspecified atom stereocenters. The molecule has 0 saturated carbocycles. The molecule has 3 nitrogen and oxygen atoms in total. The van der Waals surface area contributed by atoms with Gasteiger partial charge in [-0.1, -0.05) is 35.0 Å². The quantitative estimate of drug-likeness (QED) is 0.874. The lowest BCUT2D eigenvalue weighted by atomic mass is 10.1. The van der Waals surface area contributed by atoms with E-state index in [1.54, 1.807) is 0 Å². The molecule has 4 heteroatoms. The topological polar surface area (TPSA) is 40.5 Å². The average Bonchev–Trinajstić information content (AvgIpc) is 2.27. The summed E-state index contributed by atoms with van der Waals surface area (Å²) in [6, 6.07) is 6.30. The summed E-state index contributed by atoms with van der Waals surface area (Å²) in [6.45, 7) is 7.68. The highest BCUT2D eigenvalue weighted by Gasteiger charge is 2.16. The number of carboxylic acids is 1. The summed E-state index contributed by atoms with van der Waals surface area (Å²) in [4.78, 5) is 12.9. The Morgan fingerprint density at radius 2 is 2.17 bits per heavy atom. The van der Waals surface area contributed by atoms with E-state index >= 15 is 0 Å². The third kappa shape index (κ3) is 4.42. The van der Waals surface area contributed by atoms with Gasteiger partial charge in [0.25, 0.3) is 0 Å². The van der Waals surface area contributed by atoms with Crippen LogP contribution in [-0.2, 0) is 11.3 Å². The first-order chi connectivity index (χ1) is 8.43. The largest absolute Gasteiger partial charge is 0.481 e. The van der Waals surface area contributed by atoms with Gasteiger partial charge < -0.3 is 5.11 Å². The van der Waals surface area contributed by atoms with Crippen LogP contribution in [0.3, 0.4) is 0 Å². The van der Waals surface area contributed by atoms with Gasteiger partial charge in [-0.05, 0) is 37.6 Å². The summed E-state index contributed by atoms with van der Waals surface area (Å²) >= 11 is 3.56. The van der Waals surface area contributed by atoms with Crippen LogP contribution in [0, 0.1) is 6.92 Å². The van der Waals surface area contributed by atoms with Gasteiger partial charge in [0.2, 0.25) is 0 Å². The van der Waals surface area contributed by atoms with Crippen LogP contribution in [0.25, 0.3) is 0 Å². The molecular formula is C14H20BrNO2. The lowest BCUT2D eigenvalue weighted by Gasteiger charge is -2.27. The maximum atomic E-state index is 10.8. The van der Waals surface area contributed by atoms with Crippen LogP contribution in [0.5, 0.6) is 0 Å². The van der Waals surface area contributed by atoms with Gasteiger partial charge in [-0.15, -0.1) is 0 Å². The fourth-order valence-electron chi connectivity index (χ4n) is 1.96. The molecule has 0 bridgehead atoms. The fourth-order valence-corrected chi connectivity index (χ4v) is 2.58. The van der Waals surface area contributed by atoms with Crippen molar-refractivity contribution in [2.75, 3.05) is 6.54 Å². The number of aliphatic carboxylic acids is 1. The van der Waals surface area contributed by atoms with Crippen LogP contribution in [0.1, 0.15) is 31.4 Å². The van der Waals surface area contributed by atoms with E-state index in [9.17, 15) is 4.79 Å². The van der Waals surface area contributed by atoms with E-state index in [0.717, 1.165) is 17.6 Å². The standard InChI is InChI=1S/C14H20BrNO2/c1-4-16(11(3)8-14(17)18)9-12-6-5-10(2)7-13(12)15/h5-7,11H,4,8-9H2,1-3H3,(H,17,18). The molecule has 18 heavy (non-hydrogen) atoms. The molecule has 0 aliphatic carbocycles. The van der Waals surface area contributed by atoms with Crippen molar-refractivity contribution in [3.63, 3.8) is 0 Å². The van der Waals surface area contributed by atoms with Crippen molar-refractivity contribution in [2.24, 2.45) is 0 Å². The molecule has 0 heterocycles. The number of halogens is 1. The monoisotopic (exact) mass is 313 g/mol. The van der Waals surface area contributed by atoms with Crippen LogP contribution in [0.2, 0.25) is 0 Å². The number of benzene rings is 1. The minimum atomic E-state index is -0.746. The molecule has 0 spiro atoms. The second kappa shape index (κ2) is 6.90. The van der Waals surface area contributed by atoms with Crippen molar-refractivity contribution in [3.05, 3.63) is 33.8 Å². The Labute approximate surface area is 117 Å². The smallest absolute Gasteiger partial charge is 0.304 e. The van der Waals surface area contributed by atoms with E-state index in [-0.39, 0.29) is 12.5 Å². The molecule has 0 fully saturated rings. The van der Waals surface area contributed by atoms with Crippen molar-refractivity contribution in [3.8, 4) is 0 Å². The predicted octanol–water partition coefficient (Wildman–Crippen LogP) is 3.44. The second-order valence-electron chi connectivity index (χ2n) is 4.60. The number of carboxylic acid groups (broad SMARTS) is 1. The maximum absolute atomic E-state index is 10.8. The van der Waals surface area contributed by atoms with Crippen LogP contribution in [0.15, 0.2) is 22.7 Å². The molecule has 0 aliphatic rings. The lowest BCUT2D eigenvalue weighted by Crippen LogP contribution is -2.34. The van der Waals surface area contributed by atoms with E-state index in [4.69, 9.17) is 5.11 Å². The predicted molar refractivity (Wildman–Crippen MR) is 76.7 cm³/mol. The summed E-state index contributed by atoms with van der Waals surface area (Å²) in [5.41, 5.74) is 2.41. The Bertz CT molecular complexity index is 420. The molecule has 0 saturated heterocycles.